The van der Waals surface area contributed by atoms with Crippen molar-refractivity contribution in [2.45, 2.75) is 0 Å². The topological polar surface area (TPSA) is 135 Å². The fraction of sp³-hybridized carbons (Fsp3) is 0. The first-order valence-corrected chi connectivity index (χ1v) is 1.33. The predicted octanol–water partition coefficient (Wildman–Crippen LogP) is -1.60. The number of primary amides is 2. The van der Waals surface area contributed by atoms with Crippen molar-refractivity contribution in [1.29, 1.82) is 0 Å². The predicted molar refractivity (Wildman–Crippen MR) is 29.9 cm³/mol. The van der Waals surface area contributed by atoms with Gasteiger partial charge in [-0.15, -0.1) is 0 Å². The van der Waals surface area contributed by atoms with E-state index in [1.165, 1.54) is 0 Å². The average Bonchev–Trinajstić information content (AvgIpc) is 1.25. The summed E-state index contributed by atoms with van der Waals surface area (Å²) in [6.45, 7) is 0. The van der Waals surface area contributed by atoms with Crippen molar-refractivity contribution >= 4 is 43.8 Å². The van der Waals surface area contributed by atoms with Crippen LogP contribution < -0.4 is 11.5 Å². The summed E-state index contributed by atoms with van der Waals surface area (Å²) >= 11 is 0. The fourth-order valence-electron chi connectivity index (χ4n) is 0. The van der Waals surface area contributed by atoms with Gasteiger partial charge in [0.05, 0.1) is 5.09 Å². The second kappa shape index (κ2) is 10.7. The number of hydrogen-bond donors (Lipinski definition) is 2. The summed E-state index contributed by atoms with van der Waals surface area (Å²) in [5.74, 6) is 0. The summed E-state index contributed by atoms with van der Waals surface area (Å²) in [4.78, 5) is 17.2. The molecule has 2 amide bonds. The summed E-state index contributed by atoms with van der Waals surface area (Å²) in [6.07, 6.45) is 0. The van der Waals surface area contributed by atoms with Crippen LogP contribution in [0.4, 0.5) is 4.79 Å². The van der Waals surface area contributed by atoms with Crippen molar-refractivity contribution in [3.05, 3.63) is 15.3 Å². The van der Waals surface area contributed by atoms with Gasteiger partial charge < -0.3 is 26.8 Å². The van der Waals surface area contributed by atoms with Gasteiger partial charge in [-0.05, 0) is 0 Å². The molecule has 0 spiro atoms. The van der Waals surface area contributed by atoms with Gasteiger partial charge >= 0.3 is 43.8 Å². The maximum absolute atomic E-state index is 9.00. The normalized spacial score (nSPS) is 5.33. The maximum Gasteiger partial charge on any atom is 2.00 e. The van der Waals surface area contributed by atoms with Gasteiger partial charge in [0, 0.05) is 0 Å². The van der Waals surface area contributed by atoms with Crippen molar-refractivity contribution in [3.63, 3.8) is 0 Å². The molecule has 4 N–H and O–H groups in total. The van der Waals surface area contributed by atoms with Crippen molar-refractivity contribution in [2.75, 3.05) is 0 Å². The van der Waals surface area contributed by atoms with Crippen molar-refractivity contribution < 1.29 is 9.88 Å². The third-order valence-corrected chi connectivity index (χ3v) is 0. The summed E-state index contributed by atoms with van der Waals surface area (Å²) in [6, 6.07) is -0.833. The molecule has 48 valence electrons. The zero-order chi connectivity index (χ0) is 7.15. The Balaban J connectivity index is -0.0000000720. The third-order valence-electron chi connectivity index (χ3n) is 0. The average molecular weight is 162 g/mol. The molecule has 0 aliphatic rings. The summed E-state index contributed by atoms with van der Waals surface area (Å²) < 4.78 is 0. The number of hydrogen-bond acceptors (Lipinski definition) is 4. The Labute approximate surface area is 80.1 Å². The second-order valence-corrected chi connectivity index (χ2v) is 0.626. The minimum atomic E-state index is -1.75. The van der Waals surface area contributed by atoms with E-state index in [4.69, 9.17) is 20.1 Å². The Kier molecular flexibility index (Phi) is 18.8. The number of rotatable bonds is 0. The second-order valence-electron chi connectivity index (χ2n) is 0.626. The van der Waals surface area contributed by atoms with E-state index in [1.54, 1.807) is 0 Å². The van der Waals surface area contributed by atoms with Crippen molar-refractivity contribution in [3.8, 4) is 0 Å². The molecular weight excluding hydrogens is 158 g/mol. The quantitative estimate of drug-likeness (QED) is 0.252. The molecule has 0 heterocycles. The molecule has 7 nitrogen and oxygen atoms in total. The fourth-order valence-corrected chi connectivity index (χ4v) is 0. The molecule has 0 bridgehead atoms. The van der Waals surface area contributed by atoms with Crippen molar-refractivity contribution in [1.82, 2.24) is 0 Å². The number of urea groups is 1. The Morgan fingerprint density at radius 1 is 1.33 bits per heavy atom. The first kappa shape index (κ1) is 15.9. The van der Waals surface area contributed by atoms with E-state index in [2.05, 4.69) is 11.5 Å². The van der Waals surface area contributed by atoms with Gasteiger partial charge in [0.25, 0.3) is 0 Å². The van der Waals surface area contributed by atoms with E-state index < -0.39 is 11.1 Å². The van der Waals surface area contributed by atoms with Crippen LogP contribution in [-0.2, 0) is 0 Å². The van der Waals surface area contributed by atoms with E-state index in [0.717, 1.165) is 0 Å². The van der Waals surface area contributed by atoms with E-state index in [-0.39, 0.29) is 37.7 Å². The zero-order valence-electron chi connectivity index (χ0n) is 4.44. The zero-order valence-corrected chi connectivity index (χ0v) is 6.65. The standard InChI is InChI=1S/CH4N2O.Ca.NO3/c2-1(3)4;;2-1(3)4/h(H4,2,3,4);;/q;+2;-1. The molecule has 0 rings (SSSR count). The number of nitrogens with zero attached hydrogens (tertiary/aromatic N) is 1. The molecule has 0 aromatic rings. The van der Waals surface area contributed by atoms with Crippen LogP contribution in [0.15, 0.2) is 0 Å². The Morgan fingerprint density at radius 2 is 1.33 bits per heavy atom. The SMILES string of the molecule is NC(N)=O.O=[N+]([O-])[O-].[Ca+2]. The Morgan fingerprint density at radius 3 is 1.33 bits per heavy atom. The van der Waals surface area contributed by atoms with Crippen LogP contribution in [0, 0.1) is 15.3 Å². The van der Waals surface area contributed by atoms with Crippen LogP contribution in [0.2, 0.25) is 0 Å². The van der Waals surface area contributed by atoms with Gasteiger partial charge in [0.15, 0.2) is 0 Å². The molecule has 0 saturated heterocycles. The monoisotopic (exact) mass is 162 g/mol. The van der Waals surface area contributed by atoms with Crippen LogP contribution >= 0.6 is 0 Å². The van der Waals surface area contributed by atoms with Crippen molar-refractivity contribution in [2.24, 2.45) is 11.5 Å². The Hall–Kier alpha value is -0.270. The molecule has 0 saturated carbocycles. The molecule has 8 heteroatoms. The molecular formula is CH4CaN3O4+. The smallest absolute Gasteiger partial charge is 0.356 e. The molecule has 0 aliphatic carbocycles. The van der Waals surface area contributed by atoms with E-state index in [1.807, 2.05) is 0 Å². The molecule has 0 fully saturated rings. The van der Waals surface area contributed by atoms with Gasteiger partial charge in [-0.3, -0.25) is 0 Å². The molecule has 9 heavy (non-hydrogen) atoms. The van der Waals surface area contributed by atoms with Crippen LogP contribution in [0.25, 0.3) is 0 Å². The summed E-state index contributed by atoms with van der Waals surface area (Å²) in [5.41, 5.74) is 8.50. The van der Waals surface area contributed by atoms with Crippen LogP contribution in [0.3, 0.4) is 0 Å². The van der Waals surface area contributed by atoms with Gasteiger partial charge in [-0.2, -0.15) is 0 Å². The number of nitrogens with two attached hydrogens (primary N) is 2. The first-order valence-electron chi connectivity index (χ1n) is 1.33. The van der Waals surface area contributed by atoms with Crippen LogP contribution in [-0.4, -0.2) is 48.9 Å². The molecule has 0 aliphatic heterocycles. The van der Waals surface area contributed by atoms with E-state index in [9.17, 15) is 0 Å². The molecule has 0 aromatic heterocycles. The number of carbonyl (C=O) groups is 1. The third kappa shape index (κ3) is 3470. The van der Waals surface area contributed by atoms with Gasteiger partial charge in [0.1, 0.15) is 0 Å². The van der Waals surface area contributed by atoms with E-state index in [0.29, 0.717) is 0 Å². The summed E-state index contributed by atoms with van der Waals surface area (Å²) in [5, 5.41) is 14.8. The van der Waals surface area contributed by atoms with Gasteiger partial charge in [-0.25, -0.2) is 4.79 Å². The Bertz CT molecular complexity index is 73.8. The van der Waals surface area contributed by atoms with Gasteiger partial charge in [0.2, 0.25) is 0 Å². The largest absolute Gasteiger partial charge is 2.00 e. The first-order chi connectivity index (χ1) is 3.46. The minimum absolute atomic E-state index is 0. The molecule has 0 aromatic carbocycles. The summed E-state index contributed by atoms with van der Waals surface area (Å²) in [7, 11) is 0. The molecule has 0 atom stereocenters. The number of amides is 2. The van der Waals surface area contributed by atoms with Crippen LogP contribution in [0.5, 0.6) is 0 Å². The van der Waals surface area contributed by atoms with Gasteiger partial charge in [-0.1, -0.05) is 0 Å². The van der Waals surface area contributed by atoms with E-state index >= 15 is 0 Å². The minimum Gasteiger partial charge on any atom is -0.356 e. The molecule has 0 radical (unpaired) electrons. The van der Waals surface area contributed by atoms with Crippen LogP contribution in [0.1, 0.15) is 0 Å². The number of carbonyl (C=O) groups excluding carboxylic acids is 1. The molecule has 0 unspecified atom stereocenters. The maximum atomic E-state index is 9.00.